The number of ether oxygens (including phenoxy) is 2. The van der Waals surface area contributed by atoms with Crippen molar-refractivity contribution in [2.24, 2.45) is 0 Å². The molecule has 0 heterocycles. The lowest BCUT2D eigenvalue weighted by molar-refractivity contribution is -0.139. The average molecular weight is 281 g/mol. The fourth-order valence-electron chi connectivity index (χ4n) is 1.78. The Balaban J connectivity index is 2.49. The van der Waals surface area contributed by atoms with Crippen molar-refractivity contribution in [1.29, 1.82) is 0 Å². The summed E-state index contributed by atoms with van der Waals surface area (Å²) >= 11 is 0. The van der Waals surface area contributed by atoms with Gasteiger partial charge in [-0.3, -0.25) is 4.79 Å². The summed E-state index contributed by atoms with van der Waals surface area (Å²) in [6, 6.07) is 6.33. The molecular formula is C15H23NO4. The second-order valence-corrected chi connectivity index (χ2v) is 4.77. The van der Waals surface area contributed by atoms with Crippen LogP contribution in [-0.2, 0) is 9.53 Å². The number of aliphatic carboxylic acids is 1. The molecule has 0 aliphatic carbocycles. The summed E-state index contributed by atoms with van der Waals surface area (Å²) in [5, 5.41) is 12.3. The molecule has 0 radical (unpaired) electrons. The van der Waals surface area contributed by atoms with E-state index in [2.05, 4.69) is 5.32 Å². The van der Waals surface area contributed by atoms with Gasteiger partial charge in [-0.15, -0.1) is 0 Å². The number of carbonyl (C=O) groups is 1. The molecule has 1 unspecified atom stereocenters. The number of benzene rings is 1. The number of methoxy groups -OCH3 is 1. The molecule has 1 rings (SSSR count). The number of rotatable bonds is 9. The summed E-state index contributed by atoms with van der Waals surface area (Å²) in [7, 11) is 1.58. The second-order valence-electron chi connectivity index (χ2n) is 4.77. The van der Waals surface area contributed by atoms with Crippen molar-refractivity contribution in [3.05, 3.63) is 29.8 Å². The van der Waals surface area contributed by atoms with Crippen LogP contribution in [0.25, 0.3) is 0 Å². The lowest BCUT2D eigenvalue weighted by atomic mass is 10.1. The Morgan fingerprint density at radius 3 is 2.45 bits per heavy atom. The van der Waals surface area contributed by atoms with Crippen LogP contribution in [0.4, 0.5) is 0 Å². The van der Waals surface area contributed by atoms with E-state index in [1.54, 1.807) is 31.4 Å². The van der Waals surface area contributed by atoms with Crippen LogP contribution < -0.4 is 10.1 Å². The van der Waals surface area contributed by atoms with E-state index >= 15 is 0 Å². The van der Waals surface area contributed by atoms with Crippen LogP contribution in [-0.4, -0.2) is 37.4 Å². The summed E-state index contributed by atoms with van der Waals surface area (Å²) in [6.07, 6.45) is 0.977. The molecule has 112 valence electrons. The van der Waals surface area contributed by atoms with Crippen LogP contribution >= 0.6 is 0 Å². The van der Waals surface area contributed by atoms with Gasteiger partial charge < -0.3 is 19.9 Å². The molecule has 20 heavy (non-hydrogen) atoms. The first-order valence-corrected chi connectivity index (χ1v) is 6.76. The van der Waals surface area contributed by atoms with Gasteiger partial charge in [0, 0.05) is 6.61 Å². The Kier molecular flexibility index (Phi) is 7.04. The van der Waals surface area contributed by atoms with Gasteiger partial charge >= 0.3 is 5.97 Å². The molecule has 2 N–H and O–H groups in total. The van der Waals surface area contributed by atoms with Crippen molar-refractivity contribution in [1.82, 2.24) is 5.32 Å². The van der Waals surface area contributed by atoms with E-state index in [0.717, 1.165) is 6.42 Å². The SMILES string of the molecule is COc1ccc(C(NCCCOC(C)C)C(=O)O)cc1. The predicted octanol–water partition coefficient (Wildman–Crippen LogP) is 2.23. The molecule has 0 bridgehead atoms. The van der Waals surface area contributed by atoms with Crippen LogP contribution in [0.2, 0.25) is 0 Å². The van der Waals surface area contributed by atoms with Crippen molar-refractivity contribution in [2.75, 3.05) is 20.3 Å². The van der Waals surface area contributed by atoms with Gasteiger partial charge in [0.25, 0.3) is 0 Å². The first-order chi connectivity index (χ1) is 9.54. The maximum Gasteiger partial charge on any atom is 0.325 e. The monoisotopic (exact) mass is 281 g/mol. The van der Waals surface area contributed by atoms with Gasteiger partial charge in [0.1, 0.15) is 11.8 Å². The molecule has 1 atom stereocenters. The van der Waals surface area contributed by atoms with Crippen LogP contribution in [0.3, 0.4) is 0 Å². The highest BCUT2D eigenvalue weighted by molar-refractivity contribution is 5.75. The highest BCUT2D eigenvalue weighted by Crippen LogP contribution is 2.17. The van der Waals surface area contributed by atoms with E-state index < -0.39 is 12.0 Å². The molecular weight excluding hydrogens is 258 g/mol. The summed E-state index contributed by atoms with van der Waals surface area (Å²) in [5.41, 5.74) is 0.711. The Bertz CT molecular complexity index is 403. The quantitative estimate of drug-likeness (QED) is 0.679. The van der Waals surface area contributed by atoms with Crippen LogP contribution in [0.1, 0.15) is 31.9 Å². The van der Waals surface area contributed by atoms with Crippen molar-refractivity contribution in [2.45, 2.75) is 32.4 Å². The summed E-state index contributed by atoms with van der Waals surface area (Å²) in [6.45, 7) is 5.17. The first kappa shape index (κ1) is 16.5. The largest absolute Gasteiger partial charge is 0.497 e. The number of hydrogen-bond donors (Lipinski definition) is 2. The Hall–Kier alpha value is -1.59. The minimum absolute atomic E-state index is 0.201. The fourth-order valence-corrected chi connectivity index (χ4v) is 1.78. The maximum absolute atomic E-state index is 11.3. The summed E-state index contributed by atoms with van der Waals surface area (Å²) < 4.78 is 10.5. The van der Waals surface area contributed by atoms with E-state index in [0.29, 0.717) is 24.5 Å². The summed E-state index contributed by atoms with van der Waals surface area (Å²) in [5.74, 6) is -0.178. The van der Waals surface area contributed by atoms with Crippen molar-refractivity contribution < 1.29 is 19.4 Å². The average Bonchev–Trinajstić information content (AvgIpc) is 2.42. The number of carboxylic acids is 1. The fraction of sp³-hybridized carbons (Fsp3) is 0.533. The molecule has 0 aliphatic heterocycles. The van der Waals surface area contributed by atoms with E-state index in [9.17, 15) is 9.90 Å². The topological polar surface area (TPSA) is 67.8 Å². The Morgan fingerprint density at radius 1 is 1.30 bits per heavy atom. The Morgan fingerprint density at radius 2 is 1.95 bits per heavy atom. The van der Waals surface area contributed by atoms with E-state index in [4.69, 9.17) is 9.47 Å². The third-order valence-corrected chi connectivity index (χ3v) is 2.82. The standard InChI is InChI=1S/C15H23NO4/c1-11(2)20-10-4-9-16-14(15(17)18)12-5-7-13(19-3)8-6-12/h5-8,11,14,16H,4,9-10H2,1-3H3,(H,17,18). The molecule has 0 spiro atoms. The Labute approximate surface area is 119 Å². The lowest BCUT2D eigenvalue weighted by Crippen LogP contribution is -2.29. The normalized spacial score (nSPS) is 12.4. The van der Waals surface area contributed by atoms with Gasteiger partial charge in [-0.2, -0.15) is 0 Å². The second kappa shape index (κ2) is 8.55. The molecule has 5 nitrogen and oxygen atoms in total. The lowest BCUT2D eigenvalue weighted by Gasteiger charge is -2.15. The van der Waals surface area contributed by atoms with Crippen molar-refractivity contribution in [3.8, 4) is 5.75 Å². The van der Waals surface area contributed by atoms with Crippen LogP contribution in [0.5, 0.6) is 5.75 Å². The third-order valence-electron chi connectivity index (χ3n) is 2.82. The van der Waals surface area contributed by atoms with Crippen molar-refractivity contribution in [3.63, 3.8) is 0 Å². The molecule has 0 saturated heterocycles. The molecule has 5 heteroatoms. The highest BCUT2D eigenvalue weighted by atomic mass is 16.5. The van der Waals surface area contributed by atoms with Gasteiger partial charge in [0.05, 0.1) is 13.2 Å². The van der Waals surface area contributed by atoms with Crippen LogP contribution in [0.15, 0.2) is 24.3 Å². The van der Waals surface area contributed by atoms with Gasteiger partial charge in [-0.05, 0) is 44.5 Å². The first-order valence-electron chi connectivity index (χ1n) is 6.76. The number of carboxylic acid groups (broad SMARTS) is 1. The van der Waals surface area contributed by atoms with Gasteiger partial charge in [-0.1, -0.05) is 12.1 Å². The molecule has 0 fully saturated rings. The van der Waals surface area contributed by atoms with Gasteiger partial charge in [0.15, 0.2) is 0 Å². The minimum atomic E-state index is -0.889. The number of hydrogen-bond acceptors (Lipinski definition) is 4. The predicted molar refractivity (Wildman–Crippen MR) is 77.1 cm³/mol. The molecule has 0 aromatic heterocycles. The van der Waals surface area contributed by atoms with E-state index in [1.165, 1.54) is 0 Å². The van der Waals surface area contributed by atoms with E-state index in [1.807, 2.05) is 13.8 Å². The highest BCUT2D eigenvalue weighted by Gasteiger charge is 2.18. The van der Waals surface area contributed by atoms with Gasteiger partial charge in [-0.25, -0.2) is 0 Å². The molecule has 0 saturated carbocycles. The maximum atomic E-state index is 11.3. The number of nitrogens with one attached hydrogen (secondary N) is 1. The summed E-state index contributed by atoms with van der Waals surface area (Å²) in [4.78, 5) is 11.3. The minimum Gasteiger partial charge on any atom is -0.497 e. The molecule has 1 aromatic rings. The smallest absolute Gasteiger partial charge is 0.325 e. The molecule has 1 aromatic carbocycles. The zero-order valence-corrected chi connectivity index (χ0v) is 12.3. The van der Waals surface area contributed by atoms with Gasteiger partial charge in [0.2, 0.25) is 0 Å². The zero-order chi connectivity index (χ0) is 15.0. The third kappa shape index (κ3) is 5.59. The van der Waals surface area contributed by atoms with E-state index in [-0.39, 0.29) is 6.10 Å². The zero-order valence-electron chi connectivity index (χ0n) is 12.3. The molecule has 0 aliphatic rings. The van der Waals surface area contributed by atoms with Crippen molar-refractivity contribution >= 4 is 5.97 Å². The van der Waals surface area contributed by atoms with Crippen LogP contribution in [0, 0.1) is 0 Å². The molecule has 0 amide bonds.